The second kappa shape index (κ2) is 6.22. The summed E-state index contributed by atoms with van der Waals surface area (Å²) in [5, 5.41) is 7.88. The molecule has 10 heteroatoms. The van der Waals surface area contributed by atoms with Crippen molar-refractivity contribution in [3.8, 4) is 0 Å². The molecule has 2 heterocycles. The zero-order chi connectivity index (χ0) is 18.2. The van der Waals surface area contributed by atoms with Crippen LogP contribution >= 0.6 is 0 Å². The molecule has 2 aromatic heterocycles. The molecule has 0 aliphatic carbocycles. The molecule has 0 bridgehead atoms. The van der Waals surface area contributed by atoms with Crippen molar-refractivity contribution in [2.75, 3.05) is 23.1 Å². The molecule has 0 spiro atoms. The molecule has 0 unspecified atom stereocenters. The van der Waals surface area contributed by atoms with Crippen LogP contribution in [0.5, 0.6) is 0 Å². The lowest BCUT2D eigenvalue weighted by atomic mass is 10.2. The van der Waals surface area contributed by atoms with Crippen molar-refractivity contribution < 1.29 is 17.7 Å². The Kier molecular flexibility index (Phi) is 4.23. The number of aromatic amines is 1. The van der Waals surface area contributed by atoms with Gasteiger partial charge >= 0.3 is 0 Å². The first-order chi connectivity index (χ1) is 11.8. The van der Waals surface area contributed by atoms with Crippen LogP contribution in [0.15, 0.2) is 39.9 Å². The topological polar surface area (TPSA) is 134 Å². The molecular formula is C15H17N5O4S. The molecule has 3 aromatic rings. The lowest BCUT2D eigenvalue weighted by Crippen LogP contribution is -2.28. The zero-order valence-electron chi connectivity index (χ0n) is 13.6. The number of carbonyl (C=O) groups excluding carboxylic acids is 1. The number of benzene rings is 1. The molecule has 9 nitrogen and oxygen atoms in total. The SMILES string of the molecule is Cc1onc(NC(=O)CS(=O)(=O)c2c[nH]c3ccccc23)c1N(C)N. The number of amides is 1. The molecule has 132 valence electrons. The average molecular weight is 363 g/mol. The molecule has 0 radical (unpaired) electrons. The van der Waals surface area contributed by atoms with E-state index in [1.54, 1.807) is 38.2 Å². The maximum absolute atomic E-state index is 12.6. The molecule has 3 rings (SSSR count). The van der Waals surface area contributed by atoms with Gasteiger partial charge in [-0.2, -0.15) is 0 Å². The van der Waals surface area contributed by atoms with Crippen molar-refractivity contribution in [3.05, 3.63) is 36.2 Å². The van der Waals surface area contributed by atoms with Gasteiger partial charge in [0, 0.05) is 24.1 Å². The Hall–Kier alpha value is -2.85. The summed E-state index contributed by atoms with van der Waals surface area (Å²) in [7, 11) is -2.28. The minimum Gasteiger partial charge on any atom is -0.360 e. The summed E-state index contributed by atoms with van der Waals surface area (Å²) in [5.74, 6) is 4.67. The van der Waals surface area contributed by atoms with Gasteiger partial charge in [-0.1, -0.05) is 23.4 Å². The van der Waals surface area contributed by atoms with Crippen LogP contribution in [0, 0.1) is 6.92 Å². The van der Waals surface area contributed by atoms with Gasteiger partial charge in [0.2, 0.25) is 11.7 Å². The number of hydrogen-bond donors (Lipinski definition) is 3. The molecule has 0 atom stereocenters. The highest BCUT2D eigenvalue weighted by atomic mass is 32.2. The number of aryl methyl sites for hydroxylation is 1. The first-order valence-electron chi connectivity index (χ1n) is 7.33. The Morgan fingerprint density at radius 1 is 1.40 bits per heavy atom. The summed E-state index contributed by atoms with van der Waals surface area (Å²) in [5.41, 5.74) is 1.05. The molecule has 1 aromatic carbocycles. The maximum Gasteiger partial charge on any atom is 0.241 e. The van der Waals surface area contributed by atoms with Gasteiger partial charge in [0.15, 0.2) is 15.6 Å². The van der Waals surface area contributed by atoms with E-state index in [1.165, 1.54) is 11.2 Å². The number of anilines is 2. The number of H-pyrrole nitrogens is 1. The highest BCUT2D eigenvalue weighted by molar-refractivity contribution is 7.92. The molecular weight excluding hydrogens is 346 g/mol. The third-order valence-corrected chi connectivity index (χ3v) is 5.30. The standard InChI is InChI=1S/C15H17N5O4S/c1-9-14(20(2)16)15(19-24-9)18-13(21)8-25(22,23)12-7-17-11-6-4-3-5-10(11)12/h3-7,17H,8,16H2,1-2H3,(H,18,19,21). The third-order valence-electron chi connectivity index (χ3n) is 3.65. The summed E-state index contributed by atoms with van der Waals surface area (Å²) in [6, 6.07) is 6.96. The number of hydrogen-bond acceptors (Lipinski definition) is 7. The molecule has 0 aliphatic heterocycles. The van der Waals surface area contributed by atoms with Crippen molar-refractivity contribution in [1.29, 1.82) is 0 Å². The minimum absolute atomic E-state index is 0.0710. The van der Waals surface area contributed by atoms with Crippen LogP contribution in [0.25, 0.3) is 10.9 Å². The quantitative estimate of drug-likeness (QED) is 0.458. The van der Waals surface area contributed by atoms with Crippen molar-refractivity contribution >= 4 is 38.2 Å². The Balaban J connectivity index is 1.83. The predicted molar refractivity (Wildman–Crippen MR) is 92.8 cm³/mol. The molecule has 0 fully saturated rings. The van der Waals surface area contributed by atoms with Crippen LogP contribution in [0.1, 0.15) is 5.76 Å². The van der Waals surface area contributed by atoms with Crippen LogP contribution in [-0.4, -0.2) is 37.3 Å². The molecule has 0 saturated carbocycles. The molecule has 25 heavy (non-hydrogen) atoms. The molecule has 0 aliphatic rings. The monoisotopic (exact) mass is 363 g/mol. The fraction of sp³-hybridized carbons (Fsp3) is 0.200. The Morgan fingerprint density at radius 2 is 2.12 bits per heavy atom. The number of hydrazine groups is 1. The molecule has 1 amide bonds. The summed E-state index contributed by atoms with van der Waals surface area (Å²) >= 11 is 0. The second-order valence-corrected chi connectivity index (χ2v) is 7.51. The van der Waals surface area contributed by atoms with Crippen molar-refractivity contribution in [2.45, 2.75) is 11.8 Å². The van der Waals surface area contributed by atoms with Gasteiger partial charge in [-0.05, 0) is 13.0 Å². The van der Waals surface area contributed by atoms with Gasteiger partial charge in [-0.3, -0.25) is 4.79 Å². The molecule has 4 N–H and O–H groups in total. The van der Waals surface area contributed by atoms with E-state index in [2.05, 4.69) is 15.5 Å². The maximum atomic E-state index is 12.6. The highest BCUT2D eigenvalue weighted by Gasteiger charge is 2.25. The van der Waals surface area contributed by atoms with Gasteiger partial charge in [-0.15, -0.1) is 0 Å². The zero-order valence-corrected chi connectivity index (χ0v) is 14.4. The minimum atomic E-state index is -3.84. The van der Waals surface area contributed by atoms with Gasteiger partial charge in [-0.25, -0.2) is 14.3 Å². The number of nitrogens with zero attached hydrogens (tertiary/aromatic N) is 2. The van der Waals surface area contributed by atoms with E-state index < -0.39 is 21.5 Å². The van der Waals surface area contributed by atoms with Crippen LogP contribution in [0.3, 0.4) is 0 Å². The highest BCUT2D eigenvalue weighted by Crippen LogP contribution is 2.27. The average Bonchev–Trinajstić information content (AvgIpc) is 3.10. The fourth-order valence-corrected chi connectivity index (χ4v) is 3.91. The normalized spacial score (nSPS) is 11.6. The Bertz CT molecular complexity index is 1040. The van der Waals surface area contributed by atoms with E-state index >= 15 is 0 Å². The summed E-state index contributed by atoms with van der Waals surface area (Å²) < 4.78 is 30.1. The van der Waals surface area contributed by atoms with Crippen LogP contribution in [-0.2, 0) is 14.6 Å². The van der Waals surface area contributed by atoms with Crippen molar-refractivity contribution in [1.82, 2.24) is 10.1 Å². The number of para-hydroxylation sites is 1. The largest absolute Gasteiger partial charge is 0.360 e. The number of rotatable bonds is 5. The summed E-state index contributed by atoms with van der Waals surface area (Å²) in [4.78, 5) is 15.2. The van der Waals surface area contributed by atoms with E-state index in [-0.39, 0.29) is 10.7 Å². The predicted octanol–water partition coefficient (Wildman–Crippen LogP) is 1.19. The smallest absolute Gasteiger partial charge is 0.241 e. The lowest BCUT2D eigenvalue weighted by Gasteiger charge is -2.12. The van der Waals surface area contributed by atoms with Gasteiger partial charge in [0.25, 0.3) is 0 Å². The van der Waals surface area contributed by atoms with Gasteiger partial charge < -0.3 is 19.8 Å². The Morgan fingerprint density at radius 3 is 2.84 bits per heavy atom. The van der Waals surface area contributed by atoms with E-state index in [1.807, 2.05) is 0 Å². The second-order valence-electron chi connectivity index (χ2n) is 5.55. The van der Waals surface area contributed by atoms with Gasteiger partial charge in [0.1, 0.15) is 11.4 Å². The summed E-state index contributed by atoms with van der Waals surface area (Å²) in [6.07, 6.45) is 1.38. The van der Waals surface area contributed by atoms with E-state index in [9.17, 15) is 13.2 Å². The third kappa shape index (κ3) is 3.21. The number of nitrogens with two attached hydrogens (primary N) is 1. The number of sulfone groups is 1. The first-order valence-corrected chi connectivity index (χ1v) is 8.98. The van der Waals surface area contributed by atoms with Crippen molar-refractivity contribution in [3.63, 3.8) is 0 Å². The van der Waals surface area contributed by atoms with E-state index in [4.69, 9.17) is 10.4 Å². The molecule has 0 saturated heterocycles. The number of fused-ring (bicyclic) bond motifs is 1. The number of nitrogens with one attached hydrogen (secondary N) is 2. The van der Waals surface area contributed by atoms with E-state index in [0.29, 0.717) is 22.4 Å². The van der Waals surface area contributed by atoms with Crippen molar-refractivity contribution in [2.24, 2.45) is 5.84 Å². The summed E-state index contributed by atoms with van der Waals surface area (Å²) in [6.45, 7) is 1.63. The first kappa shape index (κ1) is 17.0. The van der Waals surface area contributed by atoms with E-state index in [0.717, 1.165) is 0 Å². The fourth-order valence-electron chi connectivity index (χ4n) is 2.59. The lowest BCUT2D eigenvalue weighted by molar-refractivity contribution is -0.113. The van der Waals surface area contributed by atoms with Gasteiger partial charge in [0.05, 0.1) is 4.90 Å². The number of aromatic nitrogens is 2. The van der Waals surface area contributed by atoms with Crippen LogP contribution in [0.2, 0.25) is 0 Å². The number of carbonyl (C=O) groups is 1. The Labute approximate surface area is 143 Å². The van der Waals surface area contributed by atoms with Crippen LogP contribution in [0.4, 0.5) is 11.5 Å². The van der Waals surface area contributed by atoms with Crippen LogP contribution < -0.4 is 16.2 Å².